The van der Waals surface area contributed by atoms with Crippen molar-refractivity contribution >= 4 is 15.9 Å². The maximum absolute atomic E-state index is 9.05. The third kappa shape index (κ3) is 2.72. The van der Waals surface area contributed by atoms with E-state index in [4.69, 9.17) is 9.84 Å². The molecule has 0 aromatic carbocycles. The molecule has 0 fully saturated rings. The highest BCUT2D eigenvalue weighted by Crippen LogP contribution is 2.25. The van der Waals surface area contributed by atoms with Crippen LogP contribution in [0.25, 0.3) is 0 Å². The van der Waals surface area contributed by atoms with Gasteiger partial charge in [0.1, 0.15) is 0 Å². The molecule has 0 radical (unpaired) electrons. The number of aryl methyl sites for hydroxylation is 1. The van der Waals surface area contributed by atoms with Gasteiger partial charge in [0, 0.05) is 12.5 Å². The molecule has 0 atom stereocenters. The number of aliphatic hydroxyl groups is 1. The van der Waals surface area contributed by atoms with E-state index in [0.717, 1.165) is 4.47 Å². The molecule has 0 amide bonds. The van der Waals surface area contributed by atoms with Gasteiger partial charge in [0.15, 0.2) is 0 Å². The van der Waals surface area contributed by atoms with Crippen molar-refractivity contribution in [1.82, 2.24) is 9.78 Å². The summed E-state index contributed by atoms with van der Waals surface area (Å²) in [5, 5.41) is 13.1. The van der Waals surface area contributed by atoms with E-state index >= 15 is 0 Å². The highest BCUT2D eigenvalue weighted by Gasteiger charge is 2.19. The van der Waals surface area contributed by atoms with Crippen molar-refractivity contribution < 1.29 is 9.84 Å². The van der Waals surface area contributed by atoms with Crippen LogP contribution in [-0.2, 0) is 7.05 Å². The minimum Gasteiger partial charge on any atom is -0.476 e. The maximum Gasteiger partial charge on any atom is 0.226 e. The molecule has 0 aliphatic carbocycles. The Balaban J connectivity index is 2.62. The summed E-state index contributed by atoms with van der Waals surface area (Å²) >= 11 is 3.34. The molecule has 80 valence electrons. The third-order valence-electron chi connectivity index (χ3n) is 1.87. The number of aliphatic hydroxyl groups excluding tert-OH is 1. The van der Waals surface area contributed by atoms with Crippen molar-refractivity contribution in [2.75, 3.05) is 13.2 Å². The number of nitrogens with zero attached hydrogens (tertiary/aromatic N) is 2. The van der Waals surface area contributed by atoms with Crippen molar-refractivity contribution in [2.24, 2.45) is 12.5 Å². The van der Waals surface area contributed by atoms with Gasteiger partial charge in [-0.2, -0.15) is 5.10 Å². The highest BCUT2D eigenvalue weighted by molar-refractivity contribution is 9.10. The summed E-state index contributed by atoms with van der Waals surface area (Å²) in [6.45, 7) is 4.44. The standard InChI is InChI=1S/C9H15BrN2O2/c1-9(2,5-13)6-14-8-7(10)4-11-12(8)3/h4,13H,5-6H2,1-3H3. The minimum absolute atomic E-state index is 0.0997. The van der Waals surface area contributed by atoms with Crippen LogP contribution in [0.1, 0.15) is 13.8 Å². The molecular weight excluding hydrogens is 248 g/mol. The van der Waals surface area contributed by atoms with Gasteiger partial charge in [-0.3, -0.25) is 0 Å². The predicted octanol–water partition coefficient (Wildman–Crippen LogP) is 1.58. The number of ether oxygens (including phenoxy) is 1. The fourth-order valence-electron chi connectivity index (χ4n) is 0.871. The monoisotopic (exact) mass is 262 g/mol. The summed E-state index contributed by atoms with van der Waals surface area (Å²) in [6.07, 6.45) is 1.68. The van der Waals surface area contributed by atoms with Crippen LogP contribution < -0.4 is 4.74 Å². The van der Waals surface area contributed by atoms with Crippen LogP contribution in [0.2, 0.25) is 0 Å². The molecular formula is C9H15BrN2O2. The van der Waals surface area contributed by atoms with E-state index in [1.54, 1.807) is 10.9 Å². The van der Waals surface area contributed by atoms with Gasteiger partial charge >= 0.3 is 0 Å². The SMILES string of the molecule is Cn1ncc(Br)c1OCC(C)(C)CO. The van der Waals surface area contributed by atoms with Gasteiger partial charge in [-0.25, -0.2) is 4.68 Å². The lowest BCUT2D eigenvalue weighted by Gasteiger charge is -2.21. The summed E-state index contributed by atoms with van der Waals surface area (Å²) in [7, 11) is 1.81. The fraction of sp³-hybridized carbons (Fsp3) is 0.667. The molecule has 1 aromatic rings. The lowest BCUT2D eigenvalue weighted by Crippen LogP contribution is -2.26. The Hall–Kier alpha value is -0.550. The second kappa shape index (κ2) is 4.31. The van der Waals surface area contributed by atoms with Gasteiger partial charge in [0.05, 0.1) is 23.9 Å². The van der Waals surface area contributed by atoms with Crippen molar-refractivity contribution in [3.8, 4) is 5.88 Å². The molecule has 1 heterocycles. The van der Waals surface area contributed by atoms with Crippen LogP contribution in [0, 0.1) is 5.41 Å². The summed E-state index contributed by atoms with van der Waals surface area (Å²) in [4.78, 5) is 0. The zero-order valence-corrected chi connectivity index (χ0v) is 10.2. The Labute approximate surface area is 92.0 Å². The lowest BCUT2D eigenvalue weighted by molar-refractivity contribution is 0.0923. The first-order valence-corrected chi connectivity index (χ1v) is 5.17. The van der Waals surface area contributed by atoms with Crippen molar-refractivity contribution in [2.45, 2.75) is 13.8 Å². The third-order valence-corrected chi connectivity index (χ3v) is 2.41. The van der Waals surface area contributed by atoms with E-state index in [2.05, 4.69) is 21.0 Å². The van der Waals surface area contributed by atoms with Crippen molar-refractivity contribution in [1.29, 1.82) is 0 Å². The van der Waals surface area contributed by atoms with Gasteiger partial charge in [-0.1, -0.05) is 13.8 Å². The molecule has 0 bridgehead atoms. The Morgan fingerprint density at radius 3 is 2.71 bits per heavy atom. The number of rotatable bonds is 4. The largest absolute Gasteiger partial charge is 0.476 e. The number of aromatic nitrogens is 2. The van der Waals surface area contributed by atoms with E-state index in [1.165, 1.54) is 0 Å². The van der Waals surface area contributed by atoms with Crippen LogP contribution >= 0.6 is 15.9 Å². The topological polar surface area (TPSA) is 47.3 Å². The molecule has 0 saturated heterocycles. The van der Waals surface area contributed by atoms with Crippen LogP contribution in [0.3, 0.4) is 0 Å². The molecule has 1 rings (SSSR count). The van der Waals surface area contributed by atoms with Crippen molar-refractivity contribution in [3.63, 3.8) is 0 Å². The summed E-state index contributed by atoms with van der Waals surface area (Å²) < 4.78 is 8.03. The zero-order valence-electron chi connectivity index (χ0n) is 8.62. The molecule has 0 aliphatic rings. The molecule has 0 aliphatic heterocycles. The van der Waals surface area contributed by atoms with Gasteiger partial charge in [0.25, 0.3) is 0 Å². The van der Waals surface area contributed by atoms with E-state index < -0.39 is 0 Å². The fourth-order valence-corrected chi connectivity index (χ4v) is 1.33. The molecule has 1 N–H and O–H groups in total. The molecule has 14 heavy (non-hydrogen) atoms. The summed E-state index contributed by atoms with van der Waals surface area (Å²) in [5.41, 5.74) is -0.232. The van der Waals surface area contributed by atoms with Gasteiger partial charge in [0.2, 0.25) is 5.88 Å². The first kappa shape index (κ1) is 11.5. The molecule has 1 aromatic heterocycles. The van der Waals surface area contributed by atoms with Gasteiger partial charge in [-0.05, 0) is 15.9 Å². The predicted molar refractivity (Wildman–Crippen MR) is 57.3 cm³/mol. The van der Waals surface area contributed by atoms with Crippen LogP contribution in [0.15, 0.2) is 10.7 Å². The quantitative estimate of drug-likeness (QED) is 0.897. The molecule has 0 spiro atoms. The number of hydrogen-bond donors (Lipinski definition) is 1. The maximum atomic E-state index is 9.05. The van der Waals surface area contributed by atoms with E-state index in [-0.39, 0.29) is 12.0 Å². The molecule has 0 unspecified atom stereocenters. The molecule has 5 heteroatoms. The Kier molecular flexibility index (Phi) is 3.55. The van der Waals surface area contributed by atoms with Crippen LogP contribution in [0.4, 0.5) is 0 Å². The second-order valence-corrected chi connectivity index (χ2v) is 4.89. The average molecular weight is 263 g/mol. The molecule has 0 saturated carbocycles. The molecule has 4 nitrogen and oxygen atoms in total. The van der Waals surface area contributed by atoms with E-state index in [0.29, 0.717) is 12.5 Å². The Bertz CT molecular complexity index is 290. The smallest absolute Gasteiger partial charge is 0.226 e. The highest BCUT2D eigenvalue weighted by atomic mass is 79.9. The first-order chi connectivity index (χ1) is 6.46. The van der Waals surface area contributed by atoms with Gasteiger partial charge in [-0.15, -0.1) is 0 Å². The van der Waals surface area contributed by atoms with Gasteiger partial charge < -0.3 is 9.84 Å². The lowest BCUT2D eigenvalue weighted by atomic mass is 9.97. The average Bonchev–Trinajstić information content (AvgIpc) is 2.44. The Morgan fingerprint density at radius 1 is 1.64 bits per heavy atom. The van der Waals surface area contributed by atoms with E-state index in [9.17, 15) is 0 Å². The normalized spacial score (nSPS) is 11.8. The number of hydrogen-bond acceptors (Lipinski definition) is 3. The first-order valence-electron chi connectivity index (χ1n) is 4.37. The number of halogens is 1. The summed E-state index contributed by atoms with van der Waals surface area (Å²) in [6, 6.07) is 0. The van der Waals surface area contributed by atoms with Crippen molar-refractivity contribution in [3.05, 3.63) is 10.7 Å². The summed E-state index contributed by atoms with van der Waals surface area (Å²) in [5.74, 6) is 0.687. The minimum atomic E-state index is -0.232. The van der Waals surface area contributed by atoms with E-state index in [1.807, 2.05) is 20.9 Å². The van der Waals surface area contributed by atoms with Crippen LogP contribution in [-0.4, -0.2) is 28.1 Å². The second-order valence-electron chi connectivity index (χ2n) is 4.03. The van der Waals surface area contributed by atoms with Crippen LogP contribution in [0.5, 0.6) is 5.88 Å². The Morgan fingerprint density at radius 2 is 2.29 bits per heavy atom. The zero-order chi connectivity index (χ0) is 10.8.